The lowest BCUT2D eigenvalue weighted by Crippen LogP contribution is -2.43. The van der Waals surface area contributed by atoms with Gasteiger partial charge < -0.3 is 20.9 Å². The Labute approximate surface area is 197 Å². The molecule has 0 radical (unpaired) electrons. The van der Waals surface area contributed by atoms with E-state index in [1.807, 2.05) is 18.2 Å². The van der Waals surface area contributed by atoms with Crippen molar-refractivity contribution in [3.05, 3.63) is 65.2 Å². The van der Waals surface area contributed by atoms with Crippen LogP contribution in [-0.2, 0) is 17.9 Å². The molecular weight excluding hydrogens is 412 g/mol. The number of likely N-dealkylation sites (N-methyl/N-ethyl adjacent to an activating group) is 1. The van der Waals surface area contributed by atoms with Gasteiger partial charge in [-0.2, -0.15) is 0 Å². The minimum absolute atomic E-state index is 0.0686. The molecule has 1 atom stereocenters. The van der Waals surface area contributed by atoms with Crippen LogP contribution in [0.25, 0.3) is 0 Å². The summed E-state index contributed by atoms with van der Waals surface area (Å²) in [6.07, 6.45) is 0.484. The van der Waals surface area contributed by atoms with E-state index in [2.05, 4.69) is 70.1 Å². The van der Waals surface area contributed by atoms with E-state index in [4.69, 9.17) is 4.99 Å². The van der Waals surface area contributed by atoms with Gasteiger partial charge in [0.1, 0.15) is 0 Å². The number of para-hydroxylation sites is 1. The lowest BCUT2D eigenvalue weighted by molar-refractivity contribution is -0.116. The number of piperazine rings is 1. The summed E-state index contributed by atoms with van der Waals surface area (Å²) >= 11 is 0. The molecule has 0 spiro atoms. The van der Waals surface area contributed by atoms with Crippen molar-refractivity contribution in [1.82, 2.24) is 20.4 Å². The van der Waals surface area contributed by atoms with E-state index in [0.29, 0.717) is 19.5 Å². The molecule has 0 aromatic heterocycles. The Morgan fingerprint density at radius 2 is 1.76 bits per heavy atom. The molecule has 0 aliphatic carbocycles. The first-order valence-corrected chi connectivity index (χ1v) is 12.0. The lowest BCUT2D eigenvalue weighted by atomic mass is 9.90. The van der Waals surface area contributed by atoms with Gasteiger partial charge >= 0.3 is 0 Å². The maximum Gasteiger partial charge on any atom is 0.225 e. The van der Waals surface area contributed by atoms with Crippen molar-refractivity contribution in [3.8, 4) is 0 Å². The molecule has 7 heteroatoms. The molecular formula is C26H36N6O. The first-order chi connectivity index (χ1) is 16.1. The number of carbonyl (C=O) groups is 1. The molecule has 7 nitrogen and oxygen atoms in total. The molecule has 33 heavy (non-hydrogen) atoms. The zero-order valence-corrected chi connectivity index (χ0v) is 19.8. The highest BCUT2D eigenvalue weighted by Gasteiger charge is 2.24. The summed E-state index contributed by atoms with van der Waals surface area (Å²) in [4.78, 5) is 21.8. The minimum Gasteiger partial charge on any atom is -0.357 e. The van der Waals surface area contributed by atoms with Gasteiger partial charge in [-0.1, -0.05) is 42.5 Å². The highest BCUT2D eigenvalue weighted by Crippen LogP contribution is 2.31. The van der Waals surface area contributed by atoms with Gasteiger partial charge in [-0.15, -0.1) is 0 Å². The topological polar surface area (TPSA) is 72.0 Å². The van der Waals surface area contributed by atoms with Crippen LogP contribution in [0.15, 0.2) is 53.5 Å². The Balaban J connectivity index is 1.32. The monoisotopic (exact) mass is 448 g/mol. The van der Waals surface area contributed by atoms with Crippen molar-refractivity contribution >= 4 is 17.6 Å². The molecule has 176 valence electrons. The van der Waals surface area contributed by atoms with Crippen LogP contribution in [0.3, 0.4) is 0 Å². The van der Waals surface area contributed by atoms with Gasteiger partial charge in [-0.05, 0) is 36.7 Å². The Hall–Kier alpha value is -2.90. The van der Waals surface area contributed by atoms with Gasteiger partial charge in [0.15, 0.2) is 5.96 Å². The number of hydrogen-bond acceptors (Lipinski definition) is 4. The number of hydrogen-bond donors (Lipinski definition) is 3. The quantitative estimate of drug-likeness (QED) is 0.449. The summed E-state index contributed by atoms with van der Waals surface area (Å²) in [7, 11) is 2.19. The van der Waals surface area contributed by atoms with Crippen molar-refractivity contribution in [2.75, 3.05) is 51.6 Å². The normalized spacial score (nSPS) is 19.6. The van der Waals surface area contributed by atoms with Crippen LogP contribution in [-0.4, -0.2) is 68.0 Å². The molecule has 2 aromatic rings. The summed E-state index contributed by atoms with van der Waals surface area (Å²) < 4.78 is 0. The summed E-state index contributed by atoms with van der Waals surface area (Å²) in [6, 6.07) is 16.8. The average Bonchev–Trinajstić information content (AvgIpc) is 2.83. The fraction of sp³-hybridized carbons (Fsp3) is 0.462. The van der Waals surface area contributed by atoms with E-state index in [0.717, 1.165) is 50.9 Å². The molecule has 3 N–H and O–H groups in total. The Kier molecular flexibility index (Phi) is 7.96. The van der Waals surface area contributed by atoms with Crippen LogP contribution in [0.2, 0.25) is 0 Å². The number of benzene rings is 2. The molecule has 2 aromatic carbocycles. The molecule has 2 heterocycles. The van der Waals surface area contributed by atoms with Crippen LogP contribution >= 0.6 is 0 Å². The Bertz CT molecular complexity index is 950. The van der Waals surface area contributed by atoms with E-state index in [1.165, 1.54) is 16.7 Å². The number of fused-ring (bicyclic) bond motifs is 1. The van der Waals surface area contributed by atoms with Crippen molar-refractivity contribution in [1.29, 1.82) is 0 Å². The number of carbonyl (C=O) groups excluding carboxylic acids is 1. The van der Waals surface area contributed by atoms with E-state index in [1.54, 1.807) is 0 Å². The van der Waals surface area contributed by atoms with Crippen molar-refractivity contribution in [2.45, 2.75) is 32.4 Å². The maximum absolute atomic E-state index is 12.1. The largest absolute Gasteiger partial charge is 0.357 e. The van der Waals surface area contributed by atoms with Crippen molar-refractivity contribution in [3.63, 3.8) is 0 Å². The van der Waals surface area contributed by atoms with E-state index >= 15 is 0 Å². The number of nitrogens with one attached hydrogen (secondary N) is 3. The van der Waals surface area contributed by atoms with Crippen LogP contribution in [0.4, 0.5) is 5.69 Å². The van der Waals surface area contributed by atoms with Gasteiger partial charge in [-0.25, -0.2) is 4.99 Å². The molecule has 0 saturated carbocycles. The maximum atomic E-state index is 12.1. The Morgan fingerprint density at radius 1 is 1.03 bits per heavy atom. The smallest absolute Gasteiger partial charge is 0.225 e. The fourth-order valence-corrected chi connectivity index (χ4v) is 4.43. The number of aliphatic imine (C=N–C) groups is 1. The molecule has 1 saturated heterocycles. The van der Waals surface area contributed by atoms with Crippen LogP contribution in [0.5, 0.6) is 0 Å². The summed E-state index contributed by atoms with van der Waals surface area (Å²) in [5, 5.41) is 9.73. The van der Waals surface area contributed by atoms with Gasteiger partial charge in [0.25, 0.3) is 0 Å². The number of rotatable bonds is 7. The fourth-order valence-electron chi connectivity index (χ4n) is 4.43. The van der Waals surface area contributed by atoms with Crippen LogP contribution < -0.4 is 16.0 Å². The summed E-state index contributed by atoms with van der Waals surface area (Å²) in [6.45, 7) is 9.70. The predicted octanol–water partition coefficient (Wildman–Crippen LogP) is 2.62. The zero-order valence-electron chi connectivity index (χ0n) is 19.8. The van der Waals surface area contributed by atoms with Crippen LogP contribution in [0, 0.1) is 0 Å². The van der Waals surface area contributed by atoms with Crippen molar-refractivity contribution in [2.24, 2.45) is 4.99 Å². The SMILES string of the molecule is CCNC(=NCc1ccc(CN2CCN(C)CC2)cc1)NCC1CC(=O)Nc2ccccc21. The van der Waals surface area contributed by atoms with E-state index in [-0.39, 0.29) is 11.8 Å². The standard InChI is InChI=1S/C26H36N6O/c1-3-27-26(29-18-22-16-25(33)30-24-7-5-4-6-23(22)24)28-17-20-8-10-21(11-9-20)19-32-14-12-31(2)13-15-32/h4-11,22H,3,12-19H2,1-2H3,(H,30,33)(H2,27,28,29). The minimum atomic E-state index is 0.0686. The molecule has 2 aliphatic rings. The number of guanidine groups is 1. The number of nitrogens with zero attached hydrogens (tertiary/aromatic N) is 3. The first kappa shape index (κ1) is 23.3. The average molecular weight is 449 g/mol. The molecule has 2 aliphatic heterocycles. The number of anilines is 1. The second-order valence-electron chi connectivity index (χ2n) is 9.01. The van der Waals surface area contributed by atoms with E-state index < -0.39 is 0 Å². The molecule has 1 fully saturated rings. The Morgan fingerprint density at radius 3 is 2.52 bits per heavy atom. The van der Waals surface area contributed by atoms with Gasteiger partial charge in [0.05, 0.1) is 6.54 Å². The molecule has 4 rings (SSSR count). The molecule has 1 amide bonds. The predicted molar refractivity (Wildman–Crippen MR) is 134 cm³/mol. The third-order valence-electron chi connectivity index (χ3n) is 6.41. The van der Waals surface area contributed by atoms with Gasteiger partial charge in [0, 0.05) is 63.8 Å². The third kappa shape index (κ3) is 6.55. The highest BCUT2D eigenvalue weighted by atomic mass is 16.1. The van der Waals surface area contributed by atoms with Gasteiger partial charge in [-0.3, -0.25) is 9.69 Å². The van der Waals surface area contributed by atoms with Crippen molar-refractivity contribution < 1.29 is 4.79 Å². The third-order valence-corrected chi connectivity index (χ3v) is 6.41. The second kappa shape index (κ2) is 11.3. The second-order valence-corrected chi connectivity index (χ2v) is 9.01. The van der Waals surface area contributed by atoms with E-state index in [9.17, 15) is 4.79 Å². The van der Waals surface area contributed by atoms with Crippen LogP contribution in [0.1, 0.15) is 36.0 Å². The van der Waals surface area contributed by atoms with Gasteiger partial charge in [0.2, 0.25) is 5.91 Å². The first-order valence-electron chi connectivity index (χ1n) is 12.0. The zero-order chi connectivity index (χ0) is 23.0. The molecule has 1 unspecified atom stereocenters. The summed E-state index contributed by atoms with van der Waals surface area (Å²) in [5.41, 5.74) is 4.64. The lowest BCUT2D eigenvalue weighted by Gasteiger charge is -2.32. The summed E-state index contributed by atoms with van der Waals surface area (Å²) in [5.74, 6) is 0.981. The number of amides is 1. The molecule has 0 bridgehead atoms. The highest BCUT2D eigenvalue weighted by molar-refractivity contribution is 5.94.